The van der Waals surface area contributed by atoms with Crippen molar-refractivity contribution in [2.24, 2.45) is 0 Å². The summed E-state index contributed by atoms with van der Waals surface area (Å²) in [5.41, 5.74) is 6.61. The molecule has 2 aromatic heterocycles. The largest absolute Gasteiger partial charge is 0.469 e. The zero-order valence-electron chi connectivity index (χ0n) is 10.8. The monoisotopic (exact) mass is 247 g/mol. The van der Waals surface area contributed by atoms with Crippen molar-refractivity contribution in [3.05, 3.63) is 35.5 Å². The molecule has 2 N–H and O–H groups in total. The van der Waals surface area contributed by atoms with Gasteiger partial charge in [0, 0.05) is 5.92 Å². The Morgan fingerprint density at radius 3 is 2.78 bits per heavy atom. The lowest BCUT2D eigenvalue weighted by atomic mass is 10.2. The minimum atomic E-state index is 0.207. The van der Waals surface area contributed by atoms with Gasteiger partial charge in [-0.2, -0.15) is 4.98 Å². The lowest BCUT2D eigenvalue weighted by molar-refractivity contribution is 0.257. The maximum atomic E-state index is 5.85. The van der Waals surface area contributed by atoms with Gasteiger partial charge in [-0.15, -0.1) is 0 Å². The molecule has 0 aliphatic heterocycles. The van der Waals surface area contributed by atoms with Crippen LogP contribution in [0.15, 0.2) is 22.8 Å². The Morgan fingerprint density at radius 2 is 2.17 bits per heavy atom. The third-order valence-electron chi connectivity index (χ3n) is 2.60. The topological polar surface area (TPSA) is 74.2 Å². The summed E-state index contributed by atoms with van der Waals surface area (Å²) in [7, 11) is 0. The van der Waals surface area contributed by atoms with Gasteiger partial charge in [-0.05, 0) is 19.1 Å². The van der Waals surface area contributed by atoms with Gasteiger partial charge in [-0.1, -0.05) is 13.8 Å². The molecule has 0 saturated carbocycles. The molecule has 5 heteroatoms. The molecule has 0 radical (unpaired) electrons. The zero-order chi connectivity index (χ0) is 13.1. The van der Waals surface area contributed by atoms with Gasteiger partial charge in [0.2, 0.25) is 5.88 Å². The van der Waals surface area contributed by atoms with E-state index in [1.807, 2.05) is 32.9 Å². The molecule has 2 aromatic rings. The van der Waals surface area contributed by atoms with Crippen LogP contribution >= 0.6 is 0 Å². The number of hydrogen-bond acceptors (Lipinski definition) is 5. The van der Waals surface area contributed by atoms with Gasteiger partial charge in [-0.3, -0.25) is 0 Å². The van der Waals surface area contributed by atoms with Gasteiger partial charge in [0.05, 0.1) is 11.8 Å². The van der Waals surface area contributed by atoms with Gasteiger partial charge in [0.15, 0.2) is 0 Å². The van der Waals surface area contributed by atoms with E-state index < -0.39 is 0 Å². The third kappa shape index (κ3) is 2.61. The van der Waals surface area contributed by atoms with Crippen LogP contribution in [-0.2, 0) is 6.61 Å². The Hall–Kier alpha value is -2.04. The number of nitrogens with zero attached hydrogens (tertiary/aromatic N) is 2. The molecule has 18 heavy (non-hydrogen) atoms. The van der Waals surface area contributed by atoms with Crippen LogP contribution in [0.1, 0.15) is 36.9 Å². The number of rotatable bonds is 4. The van der Waals surface area contributed by atoms with Crippen LogP contribution in [0, 0.1) is 6.92 Å². The van der Waals surface area contributed by atoms with E-state index in [1.54, 1.807) is 6.26 Å². The van der Waals surface area contributed by atoms with Crippen LogP contribution in [0.2, 0.25) is 0 Å². The fraction of sp³-hybridized carbons (Fsp3) is 0.385. The highest BCUT2D eigenvalue weighted by Gasteiger charge is 2.12. The van der Waals surface area contributed by atoms with Crippen molar-refractivity contribution in [2.45, 2.75) is 33.3 Å². The quantitative estimate of drug-likeness (QED) is 0.899. The maximum Gasteiger partial charge on any atom is 0.222 e. The molecule has 0 fully saturated rings. The highest BCUT2D eigenvalue weighted by molar-refractivity contribution is 5.44. The fourth-order valence-electron chi connectivity index (χ4n) is 1.46. The van der Waals surface area contributed by atoms with Crippen molar-refractivity contribution in [2.75, 3.05) is 5.73 Å². The minimum absolute atomic E-state index is 0.207. The molecule has 0 aromatic carbocycles. The predicted molar refractivity (Wildman–Crippen MR) is 68.3 cm³/mol. The van der Waals surface area contributed by atoms with Crippen molar-refractivity contribution < 1.29 is 9.15 Å². The average molecular weight is 247 g/mol. The van der Waals surface area contributed by atoms with Crippen molar-refractivity contribution >= 4 is 5.82 Å². The van der Waals surface area contributed by atoms with Crippen LogP contribution in [0.4, 0.5) is 5.82 Å². The second-order valence-corrected chi connectivity index (χ2v) is 4.42. The predicted octanol–water partition coefficient (Wildman–Crippen LogP) is 2.66. The zero-order valence-corrected chi connectivity index (χ0v) is 10.8. The van der Waals surface area contributed by atoms with Crippen molar-refractivity contribution in [1.29, 1.82) is 0 Å². The summed E-state index contributed by atoms with van der Waals surface area (Å²) in [5.74, 6) is 2.62. The lowest BCUT2D eigenvalue weighted by Crippen LogP contribution is -2.08. The number of hydrogen-bond donors (Lipinski definition) is 1. The Labute approximate surface area is 106 Å². The summed E-state index contributed by atoms with van der Waals surface area (Å²) in [6.45, 7) is 6.21. The van der Waals surface area contributed by atoms with Gasteiger partial charge in [0.1, 0.15) is 24.0 Å². The SMILES string of the molecule is Cc1c(N)nc(C(C)C)nc1OCc1ccco1. The molecule has 0 amide bonds. The van der Waals surface area contributed by atoms with Gasteiger partial charge >= 0.3 is 0 Å². The van der Waals surface area contributed by atoms with Crippen LogP contribution < -0.4 is 10.5 Å². The maximum absolute atomic E-state index is 5.85. The first-order chi connectivity index (χ1) is 8.58. The number of nitrogens with two attached hydrogens (primary N) is 1. The van der Waals surface area contributed by atoms with Crippen molar-refractivity contribution in [3.63, 3.8) is 0 Å². The number of nitrogen functional groups attached to an aromatic ring is 1. The van der Waals surface area contributed by atoms with Crippen molar-refractivity contribution in [3.8, 4) is 5.88 Å². The second kappa shape index (κ2) is 5.08. The summed E-state index contributed by atoms with van der Waals surface area (Å²) >= 11 is 0. The standard InChI is InChI=1S/C13H17N3O2/c1-8(2)12-15-11(14)9(3)13(16-12)18-7-10-5-4-6-17-10/h4-6,8H,7H2,1-3H3,(H2,14,15,16). The van der Waals surface area contributed by atoms with Crippen LogP contribution in [0.25, 0.3) is 0 Å². The fourth-order valence-corrected chi connectivity index (χ4v) is 1.46. The Morgan fingerprint density at radius 1 is 1.39 bits per heavy atom. The Kier molecular flexibility index (Phi) is 3.50. The summed E-state index contributed by atoms with van der Waals surface area (Å²) in [5, 5.41) is 0. The van der Waals surface area contributed by atoms with Gasteiger partial charge < -0.3 is 14.9 Å². The van der Waals surface area contributed by atoms with E-state index in [-0.39, 0.29) is 5.92 Å². The molecule has 0 unspecified atom stereocenters. The third-order valence-corrected chi connectivity index (χ3v) is 2.60. The number of aromatic nitrogens is 2. The average Bonchev–Trinajstić information content (AvgIpc) is 2.83. The molecule has 0 spiro atoms. The molecule has 96 valence electrons. The highest BCUT2D eigenvalue weighted by Crippen LogP contribution is 2.23. The summed E-state index contributed by atoms with van der Waals surface area (Å²) in [6.07, 6.45) is 1.61. The Bertz CT molecular complexity index is 521. The smallest absolute Gasteiger partial charge is 0.222 e. The number of ether oxygens (including phenoxy) is 1. The minimum Gasteiger partial charge on any atom is -0.469 e. The van der Waals surface area contributed by atoms with Crippen LogP contribution in [0.3, 0.4) is 0 Å². The lowest BCUT2D eigenvalue weighted by Gasteiger charge is -2.12. The normalized spacial score (nSPS) is 10.9. The second-order valence-electron chi connectivity index (χ2n) is 4.42. The molecule has 2 heterocycles. The van der Waals surface area contributed by atoms with Gasteiger partial charge in [0.25, 0.3) is 0 Å². The first-order valence-electron chi connectivity index (χ1n) is 5.87. The van der Waals surface area contributed by atoms with Crippen LogP contribution in [-0.4, -0.2) is 9.97 Å². The number of anilines is 1. The van der Waals surface area contributed by atoms with Crippen molar-refractivity contribution in [1.82, 2.24) is 9.97 Å². The molecule has 5 nitrogen and oxygen atoms in total. The van der Waals surface area contributed by atoms with E-state index in [2.05, 4.69) is 9.97 Å². The molecule has 0 bridgehead atoms. The van der Waals surface area contributed by atoms with E-state index in [4.69, 9.17) is 14.9 Å². The van der Waals surface area contributed by atoms with E-state index in [1.165, 1.54) is 0 Å². The first kappa shape index (κ1) is 12.4. The van der Waals surface area contributed by atoms with Crippen LogP contribution in [0.5, 0.6) is 5.88 Å². The molecule has 2 rings (SSSR count). The molecular formula is C13H17N3O2. The molecule has 0 atom stereocenters. The molecule has 0 aliphatic rings. The summed E-state index contributed by atoms with van der Waals surface area (Å²) < 4.78 is 10.8. The first-order valence-corrected chi connectivity index (χ1v) is 5.87. The van der Waals surface area contributed by atoms with E-state index >= 15 is 0 Å². The van der Waals surface area contributed by atoms with E-state index in [0.29, 0.717) is 24.1 Å². The number of furan rings is 1. The molecule has 0 saturated heterocycles. The molecule has 0 aliphatic carbocycles. The Balaban J connectivity index is 2.20. The molecular weight excluding hydrogens is 230 g/mol. The highest BCUT2D eigenvalue weighted by atomic mass is 16.5. The summed E-state index contributed by atoms with van der Waals surface area (Å²) in [6, 6.07) is 3.67. The van der Waals surface area contributed by atoms with E-state index in [0.717, 1.165) is 11.3 Å². The van der Waals surface area contributed by atoms with E-state index in [9.17, 15) is 0 Å². The van der Waals surface area contributed by atoms with Gasteiger partial charge in [-0.25, -0.2) is 4.98 Å². The summed E-state index contributed by atoms with van der Waals surface area (Å²) in [4.78, 5) is 8.62.